The maximum absolute atomic E-state index is 13.2. The van der Waals surface area contributed by atoms with E-state index in [4.69, 9.17) is 16.0 Å². The zero-order valence-electron chi connectivity index (χ0n) is 16.3. The second-order valence-corrected chi connectivity index (χ2v) is 8.39. The molecule has 1 saturated heterocycles. The van der Waals surface area contributed by atoms with Gasteiger partial charge in [0.05, 0.1) is 5.02 Å². The molecule has 30 heavy (non-hydrogen) atoms. The van der Waals surface area contributed by atoms with Crippen LogP contribution < -0.4 is 5.32 Å². The fourth-order valence-electron chi connectivity index (χ4n) is 4.72. The lowest BCUT2D eigenvalue weighted by molar-refractivity contribution is -0.110. The van der Waals surface area contributed by atoms with Gasteiger partial charge in [0, 0.05) is 25.1 Å². The van der Waals surface area contributed by atoms with Crippen LogP contribution in [0.4, 0.5) is 14.9 Å². The highest BCUT2D eigenvalue weighted by atomic mass is 35.5. The molecule has 0 spiro atoms. The van der Waals surface area contributed by atoms with Crippen molar-refractivity contribution in [1.82, 2.24) is 30.1 Å². The number of aromatic nitrogens is 5. The number of hydrogen-bond donors (Lipinski definition) is 1. The van der Waals surface area contributed by atoms with Gasteiger partial charge in [-0.1, -0.05) is 18.5 Å². The van der Waals surface area contributed by atoms with Crippen LogP contribution in [-0.2, 0) is 5.54 Å². The lowest BCUT2D eigenvalue weighted by Gasteiger charge is -2.61. The molecule has 2 fully saturated rings. The van der Waals surface area contributed by atoms with Gasteiger partial charge < -0.3 is 14.6 Å². The molecule has 1 aliphatic carbocycles. The molecule has 9 nitrogen and oxygen atoms in total. The molecule has 3 aromatic rings. The maximum Gasteiger partial charge on any atom is 0.323 e. The molecule has 156 valence electrons. The SMILES string of the molecule is Cc1nnc([C@]23C[C@H](C)C[C@H](C2)N3C(=O)Nc2ccc(Cl)c(-n3ncc(F)n3)c2)o1. The van der Waals surface area contributed by atoms with E-state index in [0.717, 1.165) is 30.3 Å². The van der Waals surface area contributed by atoms with Crippen molar-refractivity contribution in [2.45, 2.75) is 44.7 Å². The zero-order chi connectivity index (χ0) is 21.0. The highest BCUT2D eigenvalue weighted by Crippen LogP contribution is 2.55. The largest absolute Gasteiger partial charge is 0.423 e. The van der Waals surface area contributed by atoms with Crippen LogP contribution in [0, 0.1) is 18.8 Å². The summed E-state index contributed by atoms with van der Waals surface area (Å²) in [6.07, 6.45) is 3.47. The highest BCUT2D eigenvalue weighted by Gasteiger charge is 2.62. The number of likely N-dealkylation sites (tertiary alicyclic amines) is 1. The standard InChI is InChI=1S/C19H19ClFN7O2/c1-10-5-13-8-19(7-10,17-25-24-11(2)30-17)27(13)18(29)23-12-3-4-14(20)15(6-12)28-22-9-16(21)26-28/h3-4,6,9-10,13H,5,7-8H2,1-2H3,(H,23,29)/t10-,13-,19+/m1/s1. The number of amides is 2. The average Bonchev–Trinajstić information content (AvgIpc) is 3.31. The van der Waals surface area contributed by atoms with Crippen molar-refractivity contribution in [3.63, 3.8) is 0 Å². The molecule has 1 saturated carbocycles. The fraction of sp³-hybridized carbons (Fsp3) is 0.421. The third-order valence-corrected chi connectivity index (χ3v) is 6.10. The highest BCUT2D eigenvalue weighted by molar-refractivity contribution is 6.32. The van der Waals surface area contributed by atoms with Gasteiger partial charge in [-0.15, -0.1) is 20.1 Å². The number of urea groups is 1. The van der Waals surface area contributed by atoms with Crippen LogP contribution in [0.5, 0.6) is 0 Å². The number of aryl methyl sites for hydroxylation is 1. The smallest absolute Gasteiger partial charge is 0.323 e. The van der Waals surface area contributed by atoms with Crippen molar-refractivity contribution in [3.8, 4) is 5.69 Å². The fourth-order valence-corrected chi connectivity index (χ4v) is 4.91. The van der Waals surface area contributed by atoms with Crippen LogP contribution in [0.25, 0.3) is 5.69 Å². The van der Waals surface area contributed by atoms with Crippen LogP contribution >= 0.6 is 11.6 Å². The Labute approximate surface area is 176 Å². The average molecular weight is 432 g/mol. The number of nitrogens with one attached hydrogen (secondary N) is 1. The Morgan fingerprint density at radius 3 is 2.90 bits per heavy atom. The molecule has 0 unspecified atom stereocenters. The number of piperidine rings is 1. The van der Waals surface area contributed by atoms with Gasteiger partial charge in [0.25, 0.3) is 5.95 Å². The number of carbonyl (C=O) groups is 1. The molecule has 0 radical (unpaired) electrons. The Hall–Kier alpha value is -3.01. The molecular weight excluding hydrogens is 413 g/mol. The number of nitrogens with zero attached hydrogens (tertiary/aromatic N) is 6. The molecule has 2 aromatic heterocycles. The van der Waals surface area contributed by atoms with Crippen molar-refractivity contribution in [1.29, 1.82) is 0 Å². The van der Waals surface area contributed by atoms with Gasteiger partial charge in [-0.3, -0.25) is 0 Å². The lowest BCUT2D eigenvalue weighted by Crippen LogP contribution is -2.70. The number of halogens is 2. The first-order valence-electron chi connectivity index (χ1n) is 9.64. The van der Waals surface area contributed by atoms with E-state index in [-0.39, 0.29) is 12.1 Å². The molecule has 3 atom stereocenters. The number of fused-ring (bicyclic) bond motifs is 2. The molecule has 2 amide bonds. The number of carbonyl (C=O) groups excluding carboxylic acids is 1. The van der Waals surface area contributed by atoms with Gasteiger partial charge in [0.2, 0.25) is 11.8 Å². The summed E-state index contributed by atoms with van der Waals surface area (Å²) in [6, 6.07) is 4.72. The predicted octanol–water partition coefficient (Wildman–Crippen LogP) is 3.68. The van der Waals surface area contributed by atoms with Gasteiger partial charge >= 0.3 is 6.03 Å². The molecule has 2 bridgehead atoms. The summed E-state index contributed by atoms with van der Waals surface area (Å²) in [7, 11) is 0. The third kappa shape index (κ3) is 2.94. The normalized spacial score (nSPS) is 25.1. The van der Waals surface area contributed by atoms with Gasteiger partial charge in [0.1, 0.15) is 17.4 Å². The van der Waals surface area contributed by atoms with Crippen molar-refractivity contribution in [2.75, 3.05) is 5.32 Å². The minimum absolute atomic E-state index is 0.106. The van der Waals surface area contributed by atoms with E-state index in [9.17, 15) is 9.18 Å². The third-order valence-electron chi connectivity index (χ3n) is 5.78. The van der Waals surface area contributed by atoms with Crippen molar-refractivity contribution in [3.05, 3.63) is 47.1 Å². The Morgan fingerprint density at radius 1 is 1.37 bits per heavy atom. The number of benzene rings is 1. The molecule has 11 heteroatoms. The second kappa shape index (κ2) is 6.76. The Kier molecular flexibility index (Phi) is 4.28. The van der Waals surface area contributed by atoms with E-state index in [1.807, 2.05) is 0 Å². The minimum Gasteiger partial charge on any atom is -0.423 e. The van der Waals surface area contributed by atoms with Crippen molar-refractivity contribution < 1.29 is 13.6 Å². The van der Waals surface area contributed by atoms with Crippen molar-refractivity contribution >= 4 is 23.3 Å². The summed E-state index contributed by atoms with van der Waals surface area (Å²) in [4.78, 5) is 16.1. The molecule has 1 aliphatic heterocycles. The van der Waals surface area contributed by atoms with Gasteiger partial charge in [0.15, 0.2) is 0 Å². The second-order valence-electron chi connectivity index (χ2n) is 7.98. The lowest BCUT2D eigenvalue weighted by atomic mass is 9.64. The monoisotopic (exact) mass is 431 g/mol. The maximum atomic E-state index is 13.2. The van der Waals surface area contributed by atoms with Crippen LogP contribution in [0.3, 0.4) is 0 Å². The summed E-state index contributed by atoms with van der Waals surface area (Å²) in [5.74, 6) is 0.677. The van der Waals surface area contributed by atoms with E-state index >= 15 is 0 Å². The number of hydrogen-bond acceptors (Lipinski definition) is 6. The van der Waals surface area contributed by atoms with E-state index < -0.39 is 11.5 Å². The number of rotatable bonds is 3. The molecule has 5 rings (SSSR count). The van der Waals surface area contributed by atoms with Crippen LogP contribution in [0.2, 0.25) is 5.02 Å². The Balaban J connectivity index is 1.43. The summed E-state index contributed by atoms with van der Waals surface area (Å²) >= 11 is 6.20. The summed E-state index contributed by atoms with van der Waals surface area (Å²) < 4.78 is 19.0. The predicted molar refractivity (Wildman–Crippen MR) is 105 cm³/mol. The van der Waals surface area contributed by atoms with E-state index in [1.165, 1.54) is 0 Å². The number of anilines is 1. The molecule has 3 heterocycles. The van der Waals surface area contributed by atoms with Crippen LogP contribution in [-0.4, -0.2) is 42.2 Å². The van der Waals surface area contributed by atoms with Gasteiger partial charge in [-0.25, -0.2) is 4.79 Å². The first-order valence-corrected chi connectivity index (χ1v) is 10.0. The minimum atomic E-state index is -0.722. The van der Waals surface area contributed by atoms with Crippen LogP contribution in [0.1, 0.15) is 38.0 Å². The first kappa shape index (κ1) is 19.0. The molecule has 2 aliphatic rings. The quantitative estimate of drug-likeness (QED) is 0.678. The van der Waals surface area contributed by atoms with Gasteiger partial charge in [-0.05, 0) is 37.0 Å². The van der Waals surface area contributed by atoms with E-state index in [0.29, 0.717) is 34.1 Å². The molecule has 1 aromatic carbocycles. The molecule has 1 N–H and O–H groups in total. The molecular formula is C19H19ClFN7O2. The summed E-state index contributed by atoms with van der Waals surface area (Å²) in [5, 5.41) is 18.9. The topological polar surface area (TPSA) is 102 Å². The summed E-state index contributed by atoms with van der Waals surface area (Å²) in [6.45, 7) is 3.91. The first-order chi connectivity index (χ1) is 14.4. The Bertz CT molecular complexity index is 1130. The van der Waals surface area contributed by atoms with Gasteiger partial charge in [-0.2, -0.15) is 9.49 Å². The zero-order valence-corrected chi connectivity index (χ0v) is 17.1. The van der Waals surface area contributed by atoms with Crippen molar-refractivity contribution in [2.24, 2.45) is 5.92 Å². The summed E-state index contributed by atoms with van der Waals surface area (Å²) in [5.41, 5.74) is 0.264. The Morgan fingerprint density at radius 2 is 2.20 bits per heavy atom. The van der Waals surface area contributed by atoms with E-state index in [2.05, 4.69) is 32.6 Å². The van der Waals surface area contributed by atoms with E-state index in [1.54, 1.807) is 30.0 Å². The van der Waals surface area contributed by atoms with Crippen LogP contribution in [0.15, 0.2) is 28.8 Å².